The highest BCUT2D eigenvalue weighted by molar-refractivity contribution is 5.88. The number of hydrogen-bond donors (Lipinski definition) is 3. The van der Waals surface area contributed by atoms with Gasteiger partial charge in [-0.15, -0.1) is 0 Å². The van der Waals surface area contributed by atoms with Crippen LogP contribution in [0.5, 0.6) is 0 Å². The number of hydrogen-bond acceptors (Lipinski definition) is 7. The number of carbonyl (C=O) groups is 2. The van der Waals surface area contributed by atoms with Crippen molar-refractivity contribution in [2.75, 3.05) is 31.8 Å². The monoisotopic (exact) mass is 496 g/mol. The van der Waals surface area contributed by atoms with Gasteiger partial charge in [-0.1, -0.05) is 55.0 Å². The summed E-state index contributed by atoms with van der Waals surface area (Å²) >= 11 is 0. The quantitative estimate of drug-likeness (QED) is 0.140. The van der Waals surface area contributed by atoms with Crippen LogP contribution in [0, 0.1) is 0 Å². The molecule has 2 aromatic rings. The lowest BCUT2D eigenvalue weighted by Gasteiger charge is -2.36. The van der Waals surface area contributed by atoms with Crippen LogP contribution in [0.2, 0.25) is 0 Å². The number of ether oxygens (including phenoxy) is 1. The van der Waals surface area contributed by atoms with Crippen molar-refractivity contribution in [1.29, 1.82) is 0 Å². The van der Waals surface area contributed by atoms with Gasteiger partial charge in [0.2, 0.25) is 0 Å². The van der Waals surface area contributed by atoms with Gasteiger partial charge in [0.25, 0.3) is 5.91 Å². The van der Waals surface area contributed by atoms with E-state index in [1.165, 1.54) is 10.0 Å². The number of benzene rings is 2. The number of carboxylic acid groups (broad SMARTS) is 1. The van der Waals surface area contributed by atoms with Gasteiger partial charge in [-0.2, -0.15) is 0 Å². The zero-order chi connectivity index (χ0) is 26.3. The average Bonchev–Trinajstić information content (AvgIpc) is 2.90. The molecule has 0 heterocycles. The predicted octanol–water partition coefficient (Wildman–Crippen LogP) is 2.71. The lowest BCUT2D eigenvalue weighted by Crippen LogP contribution is -2.56. The van der Waals surface area contributed by atoms with Crippen LogP contribution in [0.4, 0.5) is 5.69 Å². The molecule has 0 unspecified atom stereocenters. The third kappa shape index (κ3) is 8.94. The highest BCUT2D eigenvalue weighted by Crippen LogP contribution is 2.20. The Morgan fingerprint density at radius 3 is 2.28 bits per heavy atom. The summed E-state index contributed by atoms with van der Waals surface area (Å²) in [6.07, 6.45) is 1.32. The Kier molecular flexibility index (Phi) is 12.4. The zero-order valence-electron chi connectivity index (χ0n) is 20.9. The van der Waals surface area contributed by atoms with Crippen molar-refractivity contribution in [3.63, 3.8) is 0 Å². The Labute approximate surface area is 212 Å². The molecule has 2 aromatic carbocycles. The number of anilines is 1. The van der Waals surface area contributed by atoms with Crippen LogP contribution in [-0.2, 0) is 19.1 Å². The standard InChI is InChI=1S/C27H36N4O5/c1-3-36-25(18-22(20-32)21-12-6-4-7-13-21)29-24(16-10-11-17-28)27(35)31(19-26(33)34)30(2)23-14-8-5-9-15-23/h4-9,12-15,24-25,29H,3,10-11,16-19,28H2,1-2H3,(H,33,34)/t24-,25-/m0/s1. The molecule has 0 bridgehead atoms. The smallest absolute Gasteiger partial charge is 0.325 e. The second kappa shape index (κ2) is 15.5. The molecule has 9 nitrogen and oxygen atoms in total. The Bertz CT molecular complexity index is 996. The third-order valence-corrected chi connectivity index (χ3v) is 5.67. The van der Waals surface area contributed by atoms with Crippen LogP contribution in [0.1, 0.15) is 38.2 Å². The summed E-state index contributed by atoms with van der Waals surface area (Å²) in [7, 11) is 1.65. The molecule has 0 saturated heterocycles. The molecule has 0 saturated carbocycles. The van der Waals surface area contributed by atoms with E-state index in [1.54, 1.807) is 19.2 Å². The highest BCUT2D eigenvalue weighted by Gasteiger charge is 2.31. The normalized spacial score (nSPS) is 12.3. The molecule has 2 atom stereocenters. The van der Waals surface area contributed by atoms with Crippen molar-refractivity contribution >= 4 is 29.1 Å². The molecule has 0 radical (unpaired) electrons. The molecule has 1 amide bonds. The van der Waals surface area contributed by atoms with Crippen LogP contribution < -0.4 is 16.1 Å². The van der Waals surface area contributed by atoms with E-state index in [0.717, 1.165) is 5.56 Å². The lowest BCUT2D eigenvalue weighted by atomic mass is 10.0. The molecule has 0 fully saturated rings. The molecule has 194 valence electrons. The van der Waals surface area contributed by atoms with Crippen molar-refractivity contribution in [3.05, 3.63) is 66.2 Å². The summed E-state index contributed by atoms with van der Waals surface area (Å²) in [5, 5.41) is 15.5. The van der Waals surface area contributed by atoms with Gasteiger partial charge in [-0.05, 0) is 44.0 Å². The lowest BCUT2D eigenvalue weighted by molar-refractivity contribution is -0.146. The molecule has 0 aliphatic heterocycles. The van der Waals surface area contributed by atoms with Gasteiger partial charge in [-0.25, -0.2) is 9.80 Å². The number of nitrogens with two attached hydrogens (primary N) is 1. The number of nitrogens with zero attached hydrogens (tertiary/aromatic N) is 2. The first-order valence-electron chi connectivity index (χ1n) is 12.1. The predicted molar refractivity (Wildman–Crippen MR) is 140 cm³/mol. The van der Waals surface area contributed by atoms with Gasteiger partial charge in [-0.3, -0.25) is 19.9 Å². The van der Waals surface area contributed by atoms with Gasteiger partial charge < -0.3 is 15.6 Å². The fourth-order valence-electron chi connectivity index (χ4n) is 3.83. The summed E-state index contributed by atoms with van der Waals surface area (Å²) in [6.45, 7) is 2.14. The molecule has 36 heavy (non-hydrogen) atoms. The van der Waals surface area contributed by atoms with E-state index < -0.39 is 30.7 Å². The van der Waals surface area contributed by atoms with Crippen molar-refractivity contribution in [2.24, 2.45) is 5.73 Å². The fourth-order valence-corrected chi connectivity index (χ4v) is 3.83. The van der Waals surface area contributed by atoms with Crippen molar-refractivity contribution < 1.29 is 24.2 Å². The first kappa shape index (κ1) is 28.7. The molecule has 0 aromatic heterocycles. The van der Waals surface area contributed by atoms with Crippen molar-refractivity contribution in [2.45, 2.75) is 44.9 Å². The molecule has 4 N–H and O–H groups in total. The Morgan fingerprint density at radius 2 is 1.72 bits per heavy atom. The summed E-state index contributed by atoms with van der Waals surface area (Å²) in [4.78, 5) is 37.2. The number of rotatable bonds is 16. The van der Waals surface area contributed by atoms with E-state index in [1.807, 2.05) is 61.4 Å². The van der Waals surface area contributed by atoms with Gasteiger partial charge in [0.05, 0.1) is 11.7 Å². The molecule has 2 rings (SSSR count). The minimum Gasteiger partial charge on any atom is -0.480 e. The van der Waals surface area contributed by atoms with Gasteiger partial charge in [0.1, 0.15) is 18.7 Å². The topological polar surface area (TPSA) is 125 Å². The van der Waals surface area contributed by atoms with Crippen LogP contribution in [0.3, 0.4) is 0 Å². The van der Waals surface area contributed by atoms with E-state index in [4.69, 9.17) is 10.5 Å². The fraction of sp³-hybridized carbons (Fsp3) is 0.407. The van der Waals surface area contributed by atoms with Crippen LogP contribution >= 0.6 is 0 Å². The summed E-state index contributed by atoms with van der Waals surface area (Å²) in [5.74, 6) is 0.449. The number of aliphatic carboxylic acids is 1. The Balaban J connectivity index is 2.31. The van der Waals surface area contributed by atoms with Crippen LogP contribution in [0.25, 0.3) is 5.57 Å². The van der Waals surface area contributed by atoms with E-state index in [0.29, 0.717) is 43.7 Å². The number of para-hydroxylation sites is 1. The molecular weight excluding hydrogens is 460 g/mol. The first-order chi connectivity index (χ1) is 17.4. The summed E-state index contributed by atoms with van der Waals surface area (Å²) in [5.41, 5.74) is 7.47. The Morgan fingerprint density at radius 1 is 1.08 bits per heavy atom. The Hall–Kier alpha value is -3.49. The summed E-state index contributed by atoms with van der Waals surface area (Å²) < 4.78 is 5.85. The SMILES string of the molecule is CCO[C@@H](CC(=C=O)c1ccccc1)N[C@@H](CCCCN)C(=O)N(CC(=O)O)N(C)c1ccccc1. The number of unbranched alkanes of at least 4 members (excludes halogenated alkanes) is 1. The minimum atomic E-state index is -1.14. The number of carbonyl (C=O) groups excluding carboxylic acids is 2. The minimum absolute atomic E-state index is 0.190. The van der Waals surface area contributed by atoms with E-state index in [2.05, 4.69) is 5.32 Å². The highest BCUT2D eigenvalue weighted by atomic mass is 16.5. The average molecular weight is 497 g/mol. The zero-order valence-corrected chi connectivity index (χ0v) is 20.9. The third-order valence-electron chi connectivity index (χ3n) is 5.67. The maximum absolute atomic E-state index is 13.7. The maximum Gasteiger partial charge on any atom is 0.325 e. The number of amides is 1. The van der Waals surface area contributed by atoms with E-state index in [-0.39, 0.29) is 6.42 Å². The number of hydrazine groups is 1. The largest absolute Gasteiger partial charge is 0.480 e. The van der Waals surface area contributed by atoms with Gasteiger partial charge >= 0.3 is 5.97 Å². The second-order valence-electron chi connectivity index (χ2n) is 8.25. The summed E-state index contributed by atoms with van der Waals surface area (Å²) in [6, 6.07) is 17.5. The number of carboxylic acids is 1. The van der Waals surface area contributed by atoms with Crippen LogP contribution in [-0.4, -0.2) is 66.9 Å². The molecular formula is C27H36N4O5. The van der Waals surface area contributed by atoms with Crippen molar-refractivity contribution in [3.8, 4) is 0 Å². The van der Waals surface area contributed by atoms with Crippen LogP contribution in [0.15, 0.2) is 60.7 Å². The van der Waals surface area contributed by atoms with Gasteiger partial charge in [0, 0.05) is 25.6 Å². The maximum atomic E-state index is 13.7. The molecule has 9 heteroatoms. The molecule has 0 aliphatic carbocycles. The van der Waals surface area contributed by atoms with Crippen molar-refractivity contribution in [1.82, 2.24) is 10.3 Å². The van der Waals surface area contributed by atoms with E-state index >= 15 is 0 Å². The molecule has 0 spiro atoms. The first-order valence-corrected chi connectivity index (χ1v) is 12.1. The molecule has 0 aliphatic rings. The van der Waals surface area contributed by atoms with E-state index in [9.17, 15) is 19.5 Å². The number of nitrogens with one attached hydrogen (secondary N) is 1. The van der Waals surface area contributed by atoms with Gasteiger partial charge in [0.15, 0.2) is 0 Å². The second-order valence-corrected chi connectivity index (χ2v) is 8.25.